The molecular formula is C8H12O2S. The van der Waals surface area contributed by atoms with E-state index < -0.39 is 0 Å². The van der Waals surface area contributed by atoms with Gasteiger partial charge in [0.1, 0.15) is 6.61 Å². The van der Waals surface area contributed by atoms with Crippen LogP contribution in [0.15, 0.2) is 12.2 Å². The van der Waals surface area contributed by atoms with E-state index in [4.69, 9.17) is 4.74 Å². The molecule has 2 nitrogen and oxygen atoms in total. The molecule has 0 unspecified atom stereocenters. The van der Waals surface area contributed by atoms with E-state index in [0.717, 1.165) is 6.42 Å². The lowest BCUT2D eigenvalue weighted by Crippen LogP contribution is -2.08. The fourth-order valence-corrected chi connectivity index (χ4v) is 0.684. The third-order valence-corrected chi connectivity index (χ3v) is 1.26. The second-order valence-corrected chi connectivity index (χ2v) is 2.45. The molecule has 0 saturated carbocycles. The Morgan fingerprint density at radius 2 is 2.36 bits per heavy atom. The van der Waals surface area contributed by atoms with Gasteiger partial charge in [-0.3, -0.25) is 0 Å². The zero-order chi connectivity index (χ0) is 8.69. The summed E-state index contributed by atoms with van der Waals surface area (Å²) in [5.74, 6) is -0.340. The molecule has 0 aliphatic carbocycles. The molecule has 0 N–H and O–H groups in total. The molecule has 0 rings (SSSR count). The summed E-state index contributed by atoms with van der Waals surface area (Å²) in [5, 5.41) is 1.37. The van der Waals surface area contributed by atoms with Gasteiger partial charge in [0.15, 0.2) is 0 Å². The van der Waals surface area contributed by atoms with Gasteiger partial charge in [-0.15, -0.1) is 0 Å². The van der Waals surface area contributed by atoms with Crippen molar-refractivity contribution in [1.82, 2.24) is 0 Å². The molecule has 0 aromatic carbocycles. The van der Waals surface area contributed by atoms with Crippen LogP contribution < -0.4 is 0 Å². The van der Waals surface area contributed by atoms with Gasteiger partial charge in [0.25, 0.3) is 0 Å². The second kappa shape index (κ2) is 6.04. The Labute approximate surface area is 72.2 Å². The van der Waals surface area contributed by atoms with Crippen molar-refractivity contribution in [1.29, 1.82) is 0 Å². The average Bonchev–Trinajstić information content (AvgIpc) is 2.00. The van der Waals surface area contributed by atoms with E-state index in [1.54, 1.807) is 0 Å². The van der Waals surface area contributed by atoms with Crippen LogP contribution in [0.5, 0.6) is 0 Å². The van der Waals surface area contributed by atoms with E-state index in [2.05, 4.69) is 18.8 Å². The summed E-state index contributed by atoms with van der Waals surface area (Å²) in [6, 6.07) is 0. The summed E-state index contributed by atoms with van der Waals surface area (Å²) < 4.78 is 4.71. The monoisotopic (exact) mass is 172 g/mol. The molecule has 0 aliphatic heterocycles. The number of esters is 1. The molecule has 0 radical (unpaired) electrons. The highest BCUT2D eigenvalue weighted by Crippen LogP contribution is 2.03. The van der Waals surface area contributed by atoms with Gasteiger partial charge in [-0.2, -0.15) is 0 Å². The van der Waals surface area contributed by atoms with Crippen LogP contribution in [0.2, 0.25) is 0 Å². The van der Waals surface area contributed by atoms with Crippen LogP contribution in [0.25, 0.3) is 0 Å². The number of hydrogen-bond donors (Lipinski definition) is 0. The molecular weight excluding hydrogens is 160 g/mol. The lowest BCUT2D eigenvalue weighted by atomic mass is 10.2. The van der Waals surface area contributed by atoms with Crippen LogP contribution in [0.4, 0.5) is 0 Å². The van der Waals surface area contributed by atoms with Crippen molar-refractivity contribution in [3.8, 4) is 0 Å². The summed E-state index contributed by atoms with van der Waals surface area (Å²) in [6.07, 6.45) is 1.60. The van der Waals surface area contributed by atoms with E-state index in [1.807, 2.05) is 6.92 Å². The van der Waals surface area contributed by atoms with Gasteiger partial charge in [-0.25, -0.2) is 4.79 Å². The van der Waals surface area contributed by atoms with Crippen molar-refractivity contribution in [2.75, 3.05) is 6.61 Å². The Hall–Kier alpha value is -0.700. The Kier molecular flexibility index (Phi) is 5.65. The Bertz CT molecular complexity index is 163. The molecule has 0 spiro atoms. The van der Waals surface area contributed by atoms with Crippen molar-refractivity contribution < 1.29 is 9.53 Å². The molecule has 62 valence electrons. The van der Waals surface area contributed by atoms with E-state index in [0.29, 0.717) is 12.0 Å². The summed E-state index contributed by atoms with van der Waals surface area (Å²) >= 11 is 4.49. The summed E-state index contributed by atoms with van der Waals surface area (Å²) in [7, 11) is 0. The highest BCUT2D eigenvalue weighted by atomic mass is 32.1. The predicted molar refractivity (Wildman–Crippen MR) is 48.7 cm³/mol. The largest absolute Gasteiger partial charge is 0.457 e. The maximum atomic E-state index is 10.9. The van der Waals surface area contributed by atoms with Crippen LogP contribution in [0.3, 0.4) is 0 Å². The maximum Gasteiger partial charge on any atom is 0.333 e. The van der Waals surface area contributed by atoms with Crippen LogP contribution >= 0.6 is 12.2 Å². The number of carbonyl (C=O) groups excluding carboxylic acids is 1. The smallest absolute Gasteiger partial charge is 0.333 e. The molecule has 0 atom stereocenters. The molecule has 3 heteroatoms. The topological polar surface area (TPSA) is 26.3 Å². The SMILES string of the molecule is C=C(CCC)C(=O)OCC=S. The number of hydrogen-bond acceptors (Lipinski definition) is 3. The fourth-order valence-electron chi connectivity index (χ4n) is 0.616. The highest BCUT2D eigenvalue weighted by molar-refractivity contribution is 7.79. The number of thiocarbonyl (C=S) groups is 1. The van der Waals surface area contributed by atoms with Crippen molar-refractivity contribution >= 4 is 23.6 Å². The second-order valence-electron chi connectivity index (χ2n) is 2.12. The van der Waals surface area contributed by atoms with E-state index in [9.17, 15) is 4.79 Å². The van der Waals surface area contributed by atoms with E-state index in [-0.39, 0.29) is 12.6 Å². The van der Waals surface area contributed by atoms with Crippen LogP contribution in [-0.2, 0) is 9.53 Å². The first-order valence-electron chi connectivity index (χ1n) is 3.51. The van der Waals surface area contributed by atoms with Gasteiger partial charge in [0.05, 0.1) is 0 Å². The first-order chi connectivity index (χ1) is 5.22. The summed E-state index contributed by atoms with van der Waals surface area (Å²) in [4.78, 5) is 10.9. The lowest BCUT2D eigenvalue weighted by Gasteiger charge is -2.01. The molecule has 0 aliphatic rings. The molecule has 0 fully saturated rings. The third-order valence-electron chi connectivity index (χ3n) is 1.12. The molecule has 0 saturated heterocycles. The molecule has 0 bridgehead atoms. The van der Waals surface area contributed by atoms with Crippen molar-refractivity contribution in [2.45, 2.75) is 19.8 Å². The minimum absolute atomic E-state index is 0.191. The third kappa shape index (κ3) is 4.67. The fraction of sp³-hybridized carbons (Fsp3) is 0.500. The van der Waals surface area contributed by atoms with Gasteiger partial charge in [0, 0.05) is 10.9 Å². The van der Waals surface area contributed by atoms with Gasteiger partial charge in [-0.1, -0.05) is 32.1 Å². The lowest BCUT2D eigenvalue weighted by molar-refractivity contribution is -0.137. The zero-order valence-electron chi connectivity index (χ0n) is 6.63. The Morgan fingerprint density at radius 3 is 2.82 bits per heavy atom. The van der Waals surface area contributed by atoms with Crippen molar-refractivity contribution in [3.05, 3.63) is 12.2 Å². The van der Waals surface area contributed by atoms with Gasteiger partial charge < -0.3 is 4.74 Å². The molecule has 0 heterocycles. The molecule has 0 aromatic rings. The predicted octanol–water partition coefficient (Wildman–Crippen LogP) is 1.89. The molecule has 0 aromatic heterocycles. The van der Waals surface area contributed by atoms with E-state index >= 15 is 0 Å². The van der Waals surface area contributed by atoms with Crippen molar-refractivity contribution in [2.24, 2.45) is 0 Å². The number of ether oxygens (including phenoxy) is 1. The molecule has 0 amide bonds. The maximum absolute atomic E-state index is 10.9. The van der Waals surface area contributed by atoms with Crippen LogP contribution in [0.1, 0.15) is 19.8 Å². The molecule has 11 heavy (non-hydrogen) atoms. The van der Waals surface area contributed by atoms with Crippen LogP contribution in [0, 0.1) is 0 Å². The van der Waals surface area contributed by atoms with Gasteiger partial charge in [0.2, 0.25) is 0 Å². The van der Waals surface area contributed by atoms with E-state index in [1.165, 1.54) is 5.37 Å². The first kappa shape index (κ1) is 10.3. The minimum Gasteiger partial charge on any atom is -0.457 e. The zero-order valence-corrected chi connectivity index (χ0v) is 7.45. The normalized spacial score (nSPS) is 8.82. The number of carbonyl (C=O) groups is 1. The summed E-state index contributed by atoms with van der Waals surface area (Å²) in [6.45, 7) is 5.75. The van der Waals surface area contributed by atoms with Crippen LogP contribution in [-0.4, -0.2) is 17.9 Å². The summed E-state index contributed by atoms with van der Waals surface area (Å²) in [5.41, 5.74) is 0.518. The minimum atomic E-state index is -0.340. The van der Waals surface area contributed by atoms with Gasteiger partial charge in [-0.05, 0) is 6.42 Å². The average molecular weight is 172 g/mol. The van der Waals surface area contributed by atoms with Crippen molar-refractivity contribution in [3.63, 3.8) is 0 Å². The highest BCUT2D eigenvalue weighted by Gasteiger charge is 2.05. The quantitative estimate of drug-likeness (QED) is 0.360. The van der Waals surface area contributed by atoms with Gasteiger partial charge >= 0.3 is 5.97 Å². The Morgan fingerprint density at radius 1 is 1.73 bits per heavy atom. The number of rotatable bonds is 5. The standard InChI is InChI=1S/C8H12O2S/c1-3-4-7(2)8(9)10-5-6-11/h6H,2-5H2,1H3. The first-order valence-corrected chi connectivity index (χ1v) is 3.98. The Balaban J connectivity index is 3.64.